The Bertz CT molecular complexity index is 595. The zero-order chi connectivity index (χ0) is 13.9. The van der Waals surface area contributed by atoms with E-state index in [9.17, 15) is 5.11 Å². The minimum atomic E-state index is -0.352. The van der Waals surface area contributed by atoms with Gasteiger partial charge >= 0.3 is 0 Å². The highest BCUT2D eigenvalue weighted by atomic mass is 32.1. The lowest BCUT2D eigenvalue weighted by Crippen LogP contribution is -2.03. The van der Waals surface area contributed by atoms with Crippen molar-refractivity contribution in [3.05, 3.63) is 63.9 Å². The molecule has 1 heterocycles. The number of aliphatic hydroxyl groups excluding tert-OH is 1. The topological polar surface area (TPSA) is 20.2 Å². The van der Waals surface area contributed by atoms with Gasteiger partial charge in [0.2, 0.25) is 0 Å². The molecule has 2 aromatic rings. The van der Waals surface area contributed by atoms with Crippen LogP contribution in [0.3, 0.4) is 0 Å². The zero-order valence-electron chi connectivity index (χ0n) is 11.8. The standard InChI is InChI=1S/C18H20OS/c1-13(19)18-11-17(12-20-18)16-9-7-15(8-10-16)14-5-3-2-4-6-14/h2-6,9,11-13,15,19H,7-8,10H2,1H3. The molecule has 104 valence electrons. The van der Waals surface area contributed by atoms with Gasteiger partial charge in [0.05, 0.1) is 6.10 Å². The molecule has 1 aliphatic rings. The Morgan fingerprint density at radius 3 is 2.65 bits per heavy atom. The van der Waals surface area contributed by atoms with Gasteiger partial charge in [-0.2, -0.15) is 0 Å². The predicted octanol–water partition coefficient (Wildman–Crippen LogP) is 5.15. The van der Waals surface area contributed by atoms with Crippen LogP contribution < -0.4 is 0 Å². The molecule has 0 amide bonds. The highest BCUT2D eigenvalue weighted by molar-refractivity contribution is 7.10. The van der Waals surface area contributed by atoms with Gasteiger partial charge in [0, 0.05) is 4.88 Å². The van der Waals surface area contributed by atoms with Gasteiger partial charge in [-0.3, -0.25) is 0 Å². The van der Waals surface area contributed by atoms with E-state index in [0.717, 1.165) is 17.7 Å². The van der Waals surface area contributed by atoms with Crippen LogP contribution in [0.2, 0.25) is 0 Å². The first-order valence-corrected chi connectivity index (χ1v) is 8.13. The Balaban J connectivity index is 1.73. The summed E-state index contributed by atoms with van der Waals surface area (Å²) in [7, 11) is 0. The lowest BCUT2D eigenvalue weighted by Gasteiger charge is -2.22. The van der Waals surface area contributed by atoms with E-state index in [1.54, 1.807) is 11.3 Å². The van der Waals surface area contributed by atoms with Gasteiger partial charge in [-0.25, -0.2) is 0 Å². The van der Waals surface area contributed by atoms with Crippen molar-refractivity contribution in [1.29, 1.82) is 0 Å². The Morgan fingerprint density at radius 1 is 1.25 bits per heavy atom. The lowest BCUT2D eigenvalue weighted by atomic mass is 9.83. The largest absolute Gasteiger partial charge is 0.388 e. The van der Waals surface area contributed by atoms with E-state index in [1.165, 1.54) is 23.1 Å². The van der Waals surface area contributed by atoms with Crippen molar-refractivity contribution in [2.45, 2.75) is 38.2 Å². The highest BCUT2D eigenvalue weighted by Gasteiger charge is 2.18. The van der Waals surface area contributed by atoms with Crippen LogP contribution in [0.15, 0.2) is 47.9 Å². The third-order valence-electron chi connectivity index (χ3n) is 4.08. The van der Waals surface area contributed by atoms with E-state index >= 15 is 0 Å². The first-order chi connectivity index (χ1) is 9.74. The number of thiophene rings is 1. The molecule has 0 saturated heterocycles. The molecule has 20 heavy (non-hydrogen) atoms. The molecule has 2 unspecified atom stereocenters. The molecule has 0 aliphatic heterocycles. The molecule has 1 N–H and O–H groups in total. The maximum absolute atomic E-state index is 9.62. The monoisotopic (exact) mass is 284 g/mol. The number of rotatable bonds is 3. The van der Waals surface area contributed by atoms with Crippen molar-refractivity contribution < 1.29 is 5.11 Å². The van der Waals surface area contributed by atoms with Crippen LogP contribution in [0.25, 0.3) is 5.57 Å². The first-order valence-electron chi connectivity index (χ1n) is 7.25. The third kappa shape index (κ3) is 2.87. The summed E-state index contributed by atoms with van der Waals surface area (Å²) in [4.78, 5) is 1.06. The fourth-order valence-corrected chi connectivity index (χ4v) is 3.74. The van der Waals surface area contributed by atoms with E-state index in [2.05, 4.69) is 47.9 Å². The summed E-state index contributed by atoms with van der Waals surface area (Å²) in [5, 5.41) is 11.8. The fraction of sp³-hybridized carbons (Fsp3) is 0.333. The molecule has 1 aliphatic carbocycles. The average molecular weight is 284 g/mol. The second-order valence-electron chi connectivity index (χ2n) is 5.53. The molecule has 0 bridgehead atoms. The van der Waals surface area contributed by atoms with Crippen LogP contribution in [-0.2, 0) is 0 Å². The molecular formula is C18H20OS. The van der Waals surface area contributed by atoms with Crippen molar-refractivity contribution >= 4 is 16.9 Å². The van der Waals surface area contributed by atoms with Crippen LogP contribution in [-0.4, -0.2) is 5.11 Å². The van der Waals surface area contributed by atoms with Crippen LogP contribution in [0.5, 0.6) is 0 Å². The van der Waals surface area contributed by atoms with E-state index in [-0.39, 0.29) is 6.10 Å². The predicted molar refractivity (Wildman–Crippen MR) is 86.0 cm³/mol. The molecule has 3 rings (SSSR count). The SMILES string of the molecule is CC(O)c1cc(C2=CCC(c3ccccc3)CC2)cs1. The Hall–Kier alpha value is -1.38. The van der Waals surface area contributed by atoms with Gasteiger partial charge in [0.1, 0.15) is 0 Å². The highest BCUT2D eigenvalue weighted by Crippen LogP contribution is 2.37. The molecule has 1 aromatic carbocycles. The van der Waals surface area contributed by atoms with Crippen molar-refractivity contribution in [1.82, 2.24) is 0 Å². The lowest BCUT2D eigenvalue weighted by molar-refractivity contribution is 0.203. The Kier molecular flexibility index (Phi) is 4.04. The summed E-state index contributed by atoms with van der Waals surface area (Å²) < 4.78 is 0. The van der Waals surface area contributed by atoms with E-state index in [1.807, 2.05) is 6.92 Å². The minimum absolute atomic E-state index is 0.352. The van der Waals surface area contributed by atoms with Crippen molar-refractivity contribution in [2.24, 2.45) is 0 Å². The summed E-state index contributed by atoms with van der Waals surface area (Å²) in [6.45, 7) is 1.83. The molecule has 0 saturated carbocycles. The van der Waals surface area contributed by atoms with Gasteiger partial charge in [0.25, 0.3) is 0 Å². The van der Waals surface area contributed by atoms with E-state index in [0.29, 0.717) is 5.92 Å². The number of hydrogen-bond acceptors (Lipinski definition) is 2. The van der Waals surface area contributed by atoms with Gasteiger partial charge < -0.3 is 5.11 Å². The zero-order valence-corrected chi connectivity index (χ0v) is 12.6. The smallest absolute Gasteiger partial charge is 0.0854 e. The van der Waals surface area contributed by atoms with Crippen LogP contribution in [0.4, 0.5) is 0 Å². The molecular weight excluding hydrogens is 264 g/mol. The van der Waals surface area contributed by atoms with Crippen molar-refractivity contribution in [3.8, 4) is 0 Å². The fourth-order valence-electron chi connectivity index (χ4n) is 2.86. The molecule has 0 fully saturated rings. The van der Waals surface area contributed by atoms with Crippen LogP contribution in [0.1, 0.15) is 54.2 Å². The van der Waals surface area contributed by atoms with E-state index < -0.39 is 0 Å². The maximum Gasteiger partial charge on any atom is 0.0854 e. The van der Waals surface area contributed by atoms with Gasteiger partial charge in [-0.1, -0.05) is 36.4 Å². The van der Waals surface area contributed by atoms with Gasteiger partial charge in [-0.15, -0.1) is 11.3 Å². The maximum atomic E-state index is 9.62. The average Bonchev–Trinajstić information content (AvgIpc) is 2.98. The molecule has 0 radical (unpaired) electrons. The molecule has 2 heteroatoms. The third-order valence-corrected chi connectivity index (χ3v) is 5.19. The van der Waals surface area contributed by atoms with Gasteiger partial charge in [0.15, 0.2) is 0 Å². The number of hydrogen-bond donors (Lipinski definition) is 1. The summed E-state index contributed by atoms with van der Waals surface area (Å²) in [5.74, 6) is 0.662. The normalized spacial score (nSPS) is 20.5. The second-order valence-corrected chi connectivity index (χ2v) is 6.47. The first kappa shape index (κ1) is 13.6. The molecule has 1 aromatic heterocycles. The number of aliphatic hydroxyl groups is 1. The van der Waals surface area contributed by atoms with Crippen molar-refractivity contribution in [2.75, 3.05) is 0 Å². The summed E-state index contributed by atoms with van der Waals surface area (Å²) in [6, 6.07) is 12.9. The van der Waals surface area contributed by atoms with Gasteiger partial charge in [-0.05, 0) is 60.3 Å². The number of benzene rings is 1. The van der Waals surface area contributed by atoms with Crippen LogP contribution in [0, 0.1) is 0 Å². The van der Waals surface area contributed by atoms with E-state index in [4.69, 9.17) is 0 Å². The summed E-state index contributed by atoms with van der Waals surface area (Å²) in [6.07, 6.45) is 5.51. The Morgan fingerprint density at radius 2 is 2.05 bits per heavy atom. The number of allylic oxidation sites excluding steroid dienone is 2. The summed E-state index contributed by atoms with van der Waals surface area (Å²) >= 11 is 1.66. The quantitative estimate of drug-likeness (QED) is 0.826. The van der Waals surface area contributed by atoms with Crippen molar-refractivity contribution in [3.63, 3.8) is 0 Å². The molecule has 1 nitrogen and oxygen atoms in total. The molecule has 0 spiro atoms. The van der Waals surface area contributed by atoms with Crippen LogP contribution >= 0.6 is 11.3 Å². The second kappa shape index (κ2) is 5.94. The summed E-state index contributed by atoms with van der Waals surface area (Å²) in [5.41, 5.74) is 4.20. The molecule has 2 atom stereocenters. The Labute approximate surface area is 124 Å². The minimum Gasteiger partial charge on any atom is -0.388 e.